The molecule has 0 radical (unpaired) electrons. The molecule has 23 heteroatoms. The summed E-state index contributed by atoms with van der Waals surface area (Å²) in [5, 5.41) is 43.4. The monoisotopic (exact) mass is 882 g/mol. The number of amides is 1. The van der Waals surface area contributed by atoms with Crippen molar-refractivity contribution in [1.29, 1.82) is 0 Å². The van der Waals surface area contributed by atoms with Gasteiger partial charge in [-0.2, -0.15) is 52.7 Å². The fraction of sp³-hybridized carbons (Fsp3) is 0.237. The Kier molecular flexibility index (Phi) is 12.5. The Hall–Kier alpha value is -6.49. The van der Waals surface area contributed by atoms with Gasteiger partial charge in [-0.3, -0.25) is 14.4 Å². The number of ketones is 2. The van der Waals surface area contributed by atoms with Crippen LogP contribution in [-0.4, -0.2) is 81.6 Å². The fourth-order valence-electron chi connectivity index (χ4n) is 6.02. The number of carbonyl (C=O) groups excluding carboxylic acids is 3. The van der Waals surface area contributed by atoms with Crippen molar-refractivity contribution >= 4 is 40.8 Å². The third-order valence-corrected chi connectivity index (χ3v) is 9.07. The van der Waals surface area contributed by atoms with Crippen LogP contribution in [0.25, 0.3) is 0 Å². The number of Topliss-reactive ketones (excluding diaryl/α,β-unsaturated/α-hetero) is 1. The molecule has 6 N–H and O–H groups in total. The highest BCUT2D eigenvalue weighted by molar-refractivity contribution is 6.16. The van der Waals surface area contributed by atoms with E-state index in [1.807, 2.05) is 5.32 Å². The zero-order valence-corrected chi connectivity index (χ0v) is 30.5. The van der Waals surface area contributed by atoms with Crippen LogP contribution in [0, 0.1) is 0 Å². The second-order valence-corrected chi connectivity index (χ2v) is 13.1. The molecule has 0 atom stereocenters. The first-order valence-electron chi connectivity index (χ1n) is 16.6. The van der Waals surface area contributed by atoms with Crippen LogP contribution in [0.3, 0.4) is 0 Å². The summed E-state index contributed by atoms with van der Waals surface area (Å²) in [7, 11) is 0.997. The van der Waals surface area contributed by atoms with Gasteiger partial charge in [-0.05, 0) is 73.0 Å². The van der Waals surface area contributed by atoms with Gasteiger partial charge in [0.05, 0.1) is 16.7 Å². The Labute approximate surface area is 333 Å². The molecule has 0 saturated heterocycles. The van der Waals surface area contributed by atoms with E-state index < -0.39 is 133 Å². The Morgan fingerprint density at radius 3 is 1.28 bits per heavy atom. The smallest absolute Gasteiger partial charge is 0.430 e. The number of halogens is 12. The number of nitrogens with one attached hydrogen (secondary N) is 2. The Bertz CT molecular complexity index is 2410. The van der Waals surface area contributed by atoms with Gasteiger partial charge in [-0.1, -0.05) is 24.3 Å². The van der Waals surface area contributed by atoms with Crippen LogP contribution in [0.1, 0.15) is 86.5 Å². The zero-order valence-electron chi connectivity index (χ0n) is 30.5. The highest BCUT2D eigenvalue weighted by Crippen LogP contribution is 2.52. The van der Waals surface area contributed by atoms with E-state index in [0.29, 0.717) is 18.2 Å². The lowest BCUT2D eigenvalue weighted by Crippen LogP contribution is -2.54. The van der Waals surface area contributed by atoms with Gasteiger partial charge >= 0.3 is 36.6 Å². The molecule has 0 saturated carbocycles. The second kappa shape index (κ2) is 16.2. The van der Waals surface area contributed by atoms with Crippen LogP contribution < -0.4 is 10.6 Å². The minimum Gasteiger partial charge on any atom is -0.478 e. The van der Waals surface area contributed by atoms with E-state index in [0.717, 1.165) is 44.3 Å². The molecule has 0 heterocycles. The summed E-state index contributed by atoms with van der Waals surface area (Å²) in [6, 6.07) is 6.53. The number of aliphatic hydroxyl groups is 2. The molecule has 0 aliphatic rings. The molecular formula is C38H26F12N2O9. The summed E-state index contributed by atoms with van der Waals surface area (Å²) in [6.07, 6.45) is -27.2. The molecule has 4 rings (SSSR count). The fourth-order valence-corrected chi connectivity index (χ4v) is 6.02. The third-order valence-electron chi connectivity index (χ3n) is 9.07. The minimum atomic E-state index is -6.59. The first kappa shape index (κ1) is 47.2. The van der Waals surface area contributed by atoms with Crippen molar-refractivity contribution in [2.75, 3.05) is 17.7 Å². The van der Waals surface area contributed by atoms with Crippen molar-refractivity contribution in [2.24, 2.45) is 0 Å². The van der Waals surface area contributed by atoms with Crippen molar-refractivity contribution < 1.29 is 97.1 Å². The van der Waals surface area contributed by atoms with Crippen LogP contribution in [0.4, 0.5) is 64.1 Å². The summed E-state index contributed by atoms with van der Waals surface area (Å²) >= 11 is 0. The summed E-state index contributed by atoms with van der Waals surface area (Å²) in [5.41, 5.74) is -22.2. The van der Waals surface area contributed by atoms with Crippen LogP contribution in [-0.2, 0) is 17.6 Å². The molecule has 0 aliphatic carbocycles. The molecule has 326 valence electrons. The van der Waals surface area contributed by atoms with Gasteiger partial charge in [0, 0.05) is 46.2 Å². The van der Waals surface area contributed by atoms with Gasteiger partial charge in [0.25, 0.3) is 17.1 Å². The molecule has 61 heavy (non-hydrogen) atoms. The number of carboxylic acid groups (broad SMARTS) is 2. The lowest BCUT2D eigenvalue weighted by Gasteiger charge is -2.33. The maximum absolute atomic E-state index is 14.1. The number of rotatable bonds is 12. The molecular weight excluding hydrogens is 856 g/mol. The summed E-state index contributed by atoms with van der Waals surface area (Å²) in [5.74, 6) is -6.91. The Morgan fingerprint density at radius 2 is 0.902 bits per heavy atom. The number of hydrogen-bond donors (Lipinski definition) is 6. The lowest BCUT2D eigenvalue weighted by molar-refractivity contribution is -0.376. The standard InChI is InChI=1S/C38H26F12N2O9/c1-16(53)27-12-19(3-5-25(27)31(56)57)29(54)20-4-6-26(32(58)59)28(13-20)30(55)52-24-11-18(9-22(15-24)34(61,37(45,46)47)38(48,49)50)7-17-8-21(14-23(10-17)51-2)33(60,35(39,40)41)36(42,43)44/h3-6,8-15,51,60-61H,7H2,1-2H3,(H,52,55)(H,56,57)(H,58,59). The number of carboxylic acids is 2. The van der Waals surface area contributed by atoms with E-state index in [1.165, 1.54) is 0 Å². The van der Waals surface area contributed by atoms with Crippen molar-refractivity contribution in [1.82, 2.24) is 0 Å². The number of aromatic carboxylic acids is 2. The van der Waals surface area contributed by atoms with Crippen LogP contribution >= 0.6 is 0 Å². The predicted molar refractivity (Wildman–Crippen MR) is 185 cm³/mol. The lowest BCUT2D eigenvalue weighted by atomic mass is 9.87. The molecule has 0 bridgehead atoms. The average Bonchev–Trinajstić information content (AvgIpc) is 3.14. The highest BCUT2D eigenvalue weighted by Gasteiger charge is 2.72. The molecule has 11 nitrogen and oxygen atoms in total. The van der Waals surface area contributed by atoms with Crippen LogP contribution in [0.15, 0.2) is 72.8 Å². The van der Waals surface area contributed by atoms with E-state index >= 15 is 0 Å². The Balaban J connectivity index is 1.92. The molecule has 4 aromatic carbocycles. The summed E-state index contributed by atoms with van der Waals surface area (Å²) in [6.45, 7) is 0.975. The van der Waals surface area contributed by atoms with Crippen molar-refractivity contribution in [3.05, 3.63) is 128 Å². The van der Waals surface area contributed by atoms with Crippen molar-refractivity contribution in [2.45, 2.75) is 49.3 Å². The Morgan fingerprint density at radius 1 is 0.525 bits per heavy atom. The molecule has 0 fully saturated rings. The van der Waals surface area contributed by atoms with Gasteiger partial charge in [-0.15, -0.1) is 0 Å². The first-order chi connectivity index (χ1) is 27.8. The third kappa shape index (κ3) is 9.01. The number of benzene rings is 4. The van der Waals surface area contributed by atoms with Crippen molar-refractivity contribution in [3.8, 4) is 0 Å². The number of anilines is 2. The predicted octanol–water partition coefficient (Wildman–Crippen LogP) is 8.03. The maximum atomic E-state index is 14.1. The molecule has 0 spiro atoms. The average molecular weight is 883 g/mol. The molecule has 4 aromatic rings. The van der Waals surface area contributed by atoms with Gasteiger partial charge in [0.15, 0.2) is 11.6 Å². The number of alkyl halides is 12. The largest absolute Gasteiger partial charge is 0.478 e. The second-order valence-electron chi connectivity index (χ2n) is 13.1. The first-order valence-corrected chi connectivity index (χ1v) is 16.6. The van der Waals surface area contributed by atoms with Gasteiger partial charge in [0.1, 0.15) is 0 Å². The molecule has 0 aliphatic heterocycles. The summed E-state index contributed by atoms with van der Waals surface area (Å²) < 4.78 is 167. The van der Waals surface area contributed by atoms with E-state index in [9.17, 15) is 97.1 Å². The molecule has 0 unspecified atom stereocenters. The normalized spacial score (nSPS) is 12.8. The van der Waals surface area contributed by atoms with Gasteiger partial charge in [0.2, 0.25) is 0 Å². The van der Waals surface area contributed by atoms with Gasteiger partial charge in [-0.25, -0.2) is 9.59 Å². The zero-order chi connectivity index (χ0) is 46.4. The van der Waals surface area contributed by atoms with E-state index in [2.05, 4.69) is 5.32 Å². The highest BCUT2D eigenvalue weighted by atomic mass is 19.4. The van der Waals surface area contributed by atoms with E-state index in [4.69, 9.17) is 0 Å². The quantitative estimate of drug-likeness (QED) is 0.0600. The van der Waals surface area contributed by atoms with Crippen LogP contribution in [0.5, 0.6) is 0 Å². The molecule has 0 aromatic heterocycles. The van der Waals surface area contributed by atoms with Crippen molar-refractivity contribution in [3.63, 3.8) is 0 Å². The SMILES string of the molecule is CNc1cc(Cc2cc(NC(=O)c3cc(C(=O)c4ccc(C(=O)O)c(C(C)=O)c4)ccc3C(=O)O)cc(C(O)(C(F)(F)F)C(F)(F)F)c2)cc(C(O)(C(F)(F)F)C(F)(F)F)c1. The van der Waals surface area contributed by atoms with Crippen LogP contribution in [0.2, 0.25) is 0 Å². The number of carbonyl (C=O) groups is 5. The van der Waals surface area contributed by atoms with E-state index in [-0.39, 0.29) is 29.8 Å². The van der Waals surface area contributed by atoms with E-state index in [1.54, 1.807) is 0 Å². The topological polar surface area (TPSA) is 190 Å². The van der Waals surface area contributed by atoms with Gasteiger partial charge < -0.3 is 31.1 Å². The molecule has 1 amide bonds. The maximum Gasteiger partial charge on any atom is 0.430 e. The minimum absolute atomic E-state index is 0.0228. The number of hydrogen-bond acceptors (Lipinski definition) is 8. The summed E-state index contributed by atoms with van der Waals surface area (Å²) in [4.78, 5) is 62.7.